The molecule has 0 aliphatic carbocycles. The molecule has 1 unspecified atom stereocenters. The number of amides is 6. The summed E-state index contributed by atoms with van der Waals surface area (Å²) in [7, 11) is 2.29. The van der Waals surface area contributed by atoms with E-state index in [4.69, 9.17) is 19.9 Å². The molecular weight excluding hydrogens is 1020 g/mol. The summed E-state index contributed by atoms with van der Waals surface area (Å²) in [6.07, 6.45) is 1.84. The molecule has 2 aliphatic rings. The third-order valence-electron chi connectivity index (χ3n) is 12.4. The number of nitrogens with two attached hydrogens (primary N) is 1. The molecule has 1 fully saturated rings. The van der Waals surface area contributed by atoms with Crippen LogP contribution in [0.15, 0.2) is 47.0 Å². The minimum atomic E-state index is -3.36. The number of rotatable bonds is 21. The van der Waals surface area contributed by atoms with Gasteiger partial charge < -0.3 is 55.9 Å². The smallest absolute Gasteiger partial charge is 0.407 e. The number of nitrogens with one attached hydrogen (secondary N) is 4. The second kappa shape index (κ2) is 27.7. The number of hydrogen-bond acceptors (Lipinski definition) is 16. The van der Waals surface area contributed by atoms with Crippen molar-refractivity contribution >= 4 is 57.0 Å². The highest BCUT2D eigenvalue weighted by molar-refractivity contribution is 7.92. The molecular formula is C52H76F2N12O10S. The maximum atomic E-state index is 15.2. The lowest BCUT2D eigenvalue weighted by Gasteiger charge is -2.30. The second-order valence-electron chi connectivity index (χ2n) is 21.1. The van der Waals surface area contributed by atoms with E-state index in [9.17, 15) is 37.4 Å². The number of ether oxygens (including phenoxy) is 3. The van der Waals surface area contributed by atoms with E-state index in [2.05, 4.69) is 45.4 Å². The third kappa shape index (κ3) is 19.7. The van der Waals surface area contributed by atoms with Gasteiger partial charge >= 0.3 is 6.09 Å². The highest BCUT2D eigenvalue weighted by Crippen LogP contribution is 2.34. The molecule has 0 spiro atoms. The molecule has 22 nitrogen and oxygen atoms in total. The molecule has 5 rings (SSSR count). The van der Waals surface area contributed by atoms with Crippen LogP contribution < -0.4 is 36.5 Å². The van der Waals surface area contributed by atoms with Gasteiger partial charge in [-0.25, -0.2) is 27.8 Å². The number of carbonyl (C=O) groups is 6. The lowest BCUT2D eigenvalue weighted by Crippen LogP contribution is -2.57. The summed E-state index contributed by atoms with van der Waals surface area (Å²) in [4.78, 5) is 95.1. The van der Waals surface area contributed by atoms with Crippen LogP contribution in [0.1, 0.15) is 72.8 Å². The first kappa shape index (κ1) is 61.3. The fourth-order valence-electron chi connectivity index (χ4n) is 8.46. The van der Waals surface area contributed by atoms with E-state index >= 15 is 4.39 Å². The maximum absolute atomic E-state index is 15.2. The van der Waals surface area contributed by atoms with E-state index in [-0.39, 0.29) is 54.8 Å². The van der Waals surface area contributed by atoms with Gasteiger partial charge in [0.2, 0.25) is 29.6 Å². The molecule has 3 heterocycles. The maximum Gasteiger partial charge on any atom is 0.407 e. The quantitative estimate of drug-likeness (QED) is 0.102. The first-order valence-electron chi connectivity index (χ1n) is 25.6. The van der Waals surface area contributed by atoms with Crippen LogP contribution in [0.4, 0.5) is 25.2 Å². The Morgan fingerprint density at radius 1 is 0.974 bits per heavy atom. The minimum Gasteiger partial charge on any atom is -0.493 e. The normalized spacial score (nSPS) is 17.2. The Morgan fingerprint density at radius 2 is 1.66 bits per heavy atom. The average Bonchev–Trinajstić information content (AvgIpc) is 3.82. The molecule has 1 aromatic heterocycles. The van der Waals surface area contributed by atoms with Crippen LogP contribution in [-0.4, -0.2) is 186 Å². The SMILES string of the molecule is CC(C)[C@H](NC(=O)[C@@H]1CCCN1C(=O)[C@H](CC(N)=O)NC(=O)CN(C)CCN(C)CCN(C)CCNC(=O)OC(C)(C)C)C(=O)N=S(C)(=O)Cc1cc2cc(c1)O[C@@H](C)CCOc1cc(F)ccc1-c1nc(ncc1F)N2. The largest absolute Gasteiger partial charge is 0.493 e. The molecule has 5 atom stereocenters. The van der Waals surface area contributed by atoms with Gasteiger partial charge in [-0.1, -0.05) is 13.8 Å². The van der Waals surface area contributed by atoms with Gasteiger partial charge in [0.25, 0.3) is 5.91 Å². The molecule has 77 heavy (non-hydrogen) atoms. The number of halogens is 2. The van der Waals surface area contributed by atoms with Crippen LogP contribution >= 0.6 is 0 Å². The zero-order chi connectivity index (χ0) is 56.8. The number of alkyl carbamates (subject to hydrolysis) is 1. The van der Waals surface area contributed by atoms with E-state index in [0.29, 0.717) is 62.6 Å². The third-order valence-corrected chi connectivity index (χ3v) is 13.8. The number of likely N-dealkylation sites (tertiary alicyclic amines) is 1. The number of fused-ring (bicyclic) bond motifs is 6. The second-order valence-corrected chi connectivity index (χ2v) is 23.5. The van der Waals surface area contributed by atoms with E-state index in [1.807, 2.05) is 14.1 Å². The Bertz CT molecular complexity index is 2720. The zero-order valence-electron chi connectivity index (χ0n) is 45.8. The van der Waals surface area contributed by atoms with Crippen molar-refractivity contribution in [2.24, 2.45) is 16.0 Å². The lowest BCUT2D eigenvalue weighted by atomic mass is 10.0. The standard InChI is InChI=1S/C52H76F2N12O10S/c1-32(2)45(48(70)62-77(10,73)31-34-24-36-27-37(25-34)75-33(3)15-23-74-42-26-35(53)13-14-38(42)46-39(54)29-57-50(58-36)61-46)60-47(69)41-12-11-17-66(41)49(71)40(28-43(55)67)59-44(68)30-65(9)22-21-64(8)20-19-63(7)18-16-56-51(72)76-52(4,5)6/h13-14,24-27,29,32-33,40-41,45H,11-12,15-23,28,30-31H2,1-10H3,(H2,55,67)(H,56,72)(H,59,68)(H,60,69)(H,57,58,61)/t33-,40-,41-,45-,77?/m0/s1. The van der Waals surface area contributed by atoms with Gasteiger partial charge in [-0.15, -0.1) is 0 Å². The molecule has 6 N–H and O–H groups in total. The molecule has 4 bridgehead atoms. The number of benzene rings is 2. The summed E-state index contributed by atoms with van der Waals surface area (Å²) in [5.74, 6) is -5.28. The van der Waals surface area contributed by atoms with Crippen molar-refractivity contribution < 1.29 is 56.0 Å². The van der Waals surface area contributed by atoms with E-state index in [1.165, 1.54) is 23.3 Å². The summed E-state index contributed by atoms with van der Waals surface area (Å²) in [5, 5.41) is 11.1. The molecule has 25 heteroatoms. The van der Waals surface area contributed by atoms with Crippen LogP contribution in [0.2, 0.25) is 0 Å². The van der Waals surface area contributed by atoms with Crippen molar-refractivity contribution in [1.82, 2.24) is 45.5 Å². The van der Waals surface area contributed by atoms with Crippen LogP contribution in [0.3, 0.4) is 0 Å². The molecule has 3 aromatic rings. The molecule has 6 amide bonds. The van der Waals surface area contributed by atoms with Gasteiger partial charge in [-0.3, -0.25) is 28.9 Å². The van der Waals surface area contributed by atoms with Gasteiger partial charge in [0.05, 0.1) is 47.4 Å². The summed E-state index contributed by atoms with van der Waals surface area (Å²) in [5.41, 5.74) is 5.86. The predicted molar refractivity (Wildman–Crippen MR) is 286 cm³/mol. The van der Waals surface area contributed by atoms with Gasteiger partial charge in [0, 0.05) is 81.9 Å². The van der Waals surface area contributed by atoms with Crippen LogP contribution in [0.5, 0.6) is 11.5 Å². The lowest BCUT2D eigenvalue weighted by molar-refractivity contribution is -0.143. The van der Waals surface area contributed by atoms with Crippen molar-refractivity contribution in [3.8, 4) is 22.8 Å². The molecule has 424 valence electrons. The predicted octanol–water partition coefficient (Wildman–Crippen LogP) is 3.65. The summed E-state index contributed by atoms with van der Waals surface area (Å²) >= 11 is 0. The molecule has 1 saturated heterocycles. The van der Waals surface area contributed by atoms with Gasteiger partial charge in [-0.05, 0) is 97.4 Å². The zero-order valence-corrected chi connectivity index (χ0v) is 46.6. The number of anilines is 2. The number of hydrogen-bond donors (Lipinski definition) is 5. The molecule has 0 saturated carbocycles. The highest BCUT2D eigenvalue weighted by atomic mass is 32.2. The Hall–Kier alpha value is -6.57. The Kier molecular flexibility index (Phi) is 22.0. The monoisotopic (exact) mass is 1100 g/mol. The number of nitrogens with zero attached hydrogens (tertiary/aromatic N) is 7. The Labute approximate surface area is 450 Å². The van der Waals surface area contributed by atoms with Gasteiger partial charge in [0.15, 0.2) is 5.82 Å². The fourth-order valence-corrected chi connectivity index (χ4v) is 9.80. The average molecular weight is 1100 g/mol. The van der Waals surface area contributed by atoms with Crippen molar-refractivity contribution in [3.63, 3.8) is 0 Å². The van der Waals surface area contributed by atoms with E-state index in [0.717, 1.165) is 18.8 Å². The Morgan fingerprint density at radius 3 is 2.34 bits per heavy atom. The van der Waals surface area contributed by atoms with Crippen molar-refractivity contribution in [2.45, 2.75) is 103 Å². The topological polar surface area (TPSA) is 272 Å². The molecule has 2 aromatic carbocycles. The number of primary amides is 1. The first-order valence-corrected chi connectivity index (χ1v) is 27.7. The summed E-state index contributed by atoms with van der Waals surface area (Å²) < 4.78 is 65.2. The molecule has 0 radical (unpaired) electrons. The first-order chi connectivity index (χ1) is 36.1. The highest BCUT2D eigenvalue weighted by Gasteiger charge is 2.40. The van der Waals surface area contributed by atoms with E-state index in [1.54, 1.807) is 71.7 Å². The summed E-state index contributed by atoms with van der Waals surface area (Å²) in [6.45, 7) is 14.3. The van der Waals surface area contributed by atoms with Crippen LogP contribution in [0.25, 0.3) is 11.3 Å². The fraction of sp³-hybridized carbons (Fsp3) is 0.577. The number of aromatic nitrogens is 2. The molecule has 2 aliphatic heterocycles. The van der Waals surface area contributed by atoms with Crippen LogP contribution in [0, 0.1) is 17.6 Å². The Balaban J connectivity index is 1.20. The van der Waals surface area contributed by atoms with Crippen LogP contribution in [-0.2, 0) is 44.2 Å². The van der Waals surface area contributed by atoms with E-state index < -0.39 is 99.2 Å². The van der Waals surface area contributed by atoms with Crippen molar-refractivity contribution in [2.75, 3.05) is 91.7 Å². The minimum absolute atomic E-state index is 0.0202. The number of carbonyl (C=O) groups excluding carboxylic acids is 6. The van der Waals surface area contributed by atoms with Gasteiger partial charge in [0.1, 0.15) is 46.7 Å². The van der Waals surface area contributed by atoms with Gasteiger partial charge in [-0.2, -0.15) is 4.36 Å². The van der Waals surface area contributed by atoms with Crippen molar-refractivity contribution in [1.29, 1.82) is 0 Å². The van der Waals surface area contributed by atoms with Crippen molar-refractivity contribution in [3.05, 3.63) is 59.8 Å². The summed E-state index contributed by atoms with van der Waals surface area (Å²) in [6, 6.07) is 4.94. The number of likely N-dealkylation sites (N-methyl/N-ethyl adjacent to an activating group) is 3.